The van der Waals surface area contributed by atoms with Gasteiger partial charge in [-0.05, 0) is 138 Å². The molecule has 0 spiro atoms. The summed E-state index contributed by atoms with van der Waals surface area (Å²) in [4.78, 5) is 77.2. The van der Waals surface area contributed by atoms with Gasteiger partial charge in [-0.25, -0.2) is 9.59 Å². The van der Waals surface area contributed by atoms with Crippen LogP contribution in [0.5, 0.6) is 0 Å². The van der Waals surface area contributed by atoms with Crippen molar-refractivity contribution in [3.05, 3.63) is 0 Å². The average molecular weight is 992 g/mol. The summed E-state index contributed by atoms with van der Waals surface area (Å²) < 4.78 is 10.6. The van der Waals surface area contributed by atoms with Crippen LogP contribution in [-0.2, 0) is 28.7 Å². The number of rotatable bonds is 5. The van der Waals surface area contributed by atoms with E-state index in [0.717, 1.165) is 77.7 Å². The number of nitrogens with zero attached hydrogens (tertiary/aromatic N) is 4. The first kappa shape index (κ1) is 66.6. The van der Waals surface area contributed by atoms with E-state index in [1.165, 1.54) is 19.3 Å². The Morgan fingerprint density at radius 3 is 1.31 bits per heavy atom. The number of hydrogen-bond acceptors (Lipinski definition) is 12. The molecule has 5 amide bonds. The molecule has 6 rings (SSSR count). The van der Waals surface area contributed by atoms with Gasteiger partial charge in [0, 0.05) is 72.2 Å². The Morgan fingerprint density at radius 1 is 0.538 bits per heavy atom. The van der Waals surface area contributed by atoms with Crippen LogP contribution in [0.15, 0.2) is 0 Å². The van der Waals surface area contributed by atoms with Gasteiger partial charge in [-0.1, -0.05) is 14.9 Å². The van der Waals surface area contributed by atoms with Crippen molar-refractivity contribution in [1.29, 1.82) is 0 Å². The highest BCUT2D eigenvalue weighted by Gasteiger charge is 2.38. The summed E-state index contributed by atoms with van der Waals surface area (Å²) >= 11 is 0. The quantitative estimate of drug-likeness (QED) is 0.244. The summed E-state index contributed by atoms with van der Waals surface area (Å²) in [6, 6.07) is 1.23. The summed E-state index contributed by atoms with van der Waals surface area (Å²) in [5, 5.41) is 14.6. The van der Waals surface area contributed by atoms with Crippen LogP contribution in [0.1, 0.15) is 133 Å². The summed E-state index contributed by atoms with van der Waals surface area (Å²) in [7, 11) is 5.10. The van der Waals surface area contributed by atoms with Gasteiger partial charge in [-0.15, -0.1) is 37.2 Å². The Labute approximate surface area is 410 Å². The molecule has 65 heavy (non-hydrogen) atoms. The van der Waals surface area contributed by atoms with Crippen LogP contribution >= 0.6 is 37.2 Å². The molecule has 6 saturated heterocycles. The maximum atomic E-state index is 12.1. The van der Waals surface area contributed by atoms with Crippen LogP contribution in [-0.4, -0.2) is 177 Å². The number of carbonyl (C=O) groups is 6. The van der Waals surface area contributed by atoms with Gasteiger partial charge in [0.05, 0.1) is 18.1 Å². The van der Waals surface area contributed by atoms with Crippen LogP contribution < -0.4 is 26.6 Å². The summed E-state index contributed by atoms with van der Waals surface area (Å²) in [5.41, 5.74) is -0.911. The number of Topliss-reactive ketones (excluding diaryl/α,β-unsaturated/α-hetero) is 1. The molecule has 0 aromatic carbocycles. The number of halogens is 3. The molecule has 6 fully saturated rings. The van der Waals surface area contributed by atoms with Crippen molar-refractivity contribution in [2.24, 2.45) is 0 Å². The highest BCUT2D eigenvalue weighted by Crippen LogP contribution is 2.27. The lowest BCUT2D eigenvalue weighted by atomic mass is 10.0. The minimum absolute atomic E-state index is 0. The minimum Gasteiger partial charge on any atom is -0.444 e. The maximum absolute atomic E-state index is 12.1. The Balaban J connectivity index is -0.000000800. The molecule has 5 N–H and O–H groups in total. The summed E-state index contributed by atoms with van der Waals surface area (Å²) in [6.07, 6.45) is 10.9. The van der Waals surface area contributed by atoms with Crippen molar-refractivity contribution in [2.75, 3.05) is 80.0 Å². The summed E-state index contributed by atoms with van der Waals surface area (Å²) in [6.45, 7) is 18.8. The van der Waals surface area contributed by atoms with E-state index in [9.17, 15) is 28.8 Å². The Morgan fingerprint density at radius 2 is 0.938 bits per heavy atom. The number of ketones is 1. The monoisotopic (exact) mass is 990 g/mol. The molecule has 0 unspecified atom stereocenters. The van der Waals surface area contributed by atoms with Crippen molar-refractivity contribution >= 4 is 72.9 Å². The number of ether oxygens (including phenoxy) is 2. The molecule has 6 aliphatic heterocycles. The van der Waals surface area contributed by atoms with Crippen LogP contribution in [0.4, 0.5) is 9.59 Å². The van der Waals surface area contributed by atoms with Crippen molar-refractivity contribution in [3.63, 3.8) is 0 Å². The van der Waals surface area contributed by atoms with Gasteiger partial charge >= 0.3 is 12.2 Å². The predicted molar refractivity (Wildman–Crippen MR) is 267 cm³/mol. The first-order valence-electron chi connectivity index (χ1n) is 22.4. The fourth-order valence-corrected chi connectivity index (χ4v) is 8.54. The third-order valence-electron chi connectivity index (χ3n) is 11.6. The molecule has 0 radical (unpaired) electrons. The van der Waals surface area contributed by atoms with Gasteiger partial charge in [0.25, 0.3) is 0 Å². The highest BCUT2D eigenvalue weighted by atomic mass is 35.5. The lowest BCUT2D eigenvalue weighted by Crippen LogP contribution is -2.52. The molecule has 0 aromatic rings. The van der Waals surface area contributed by atoms with Gasteiger partial charge in [-0.2, -0.15) is 0 Å². The number of amides is 5. The van der Waals surface area contributed by atoms with Gasteiger partial charge in [0.2, 0.25) is 17.7 Å². The molecule has 20 heteroatoms. The SMILES string of the molecule is C.C.CC(C)(C)OC(=O)N1CCC(=O)CC1.CNC(=O)[C@@H]1CCCN1.CNC(=O)[C@@H]1CCCN1C1CCN(C(=O)OC(C)(C)C)CC1.CNC(=O)[C@@H]1CCCN1C1CCNCC1.Cl.Cl.Cl. The van der Waals surface area contributed by atoms with Gasteiger partial charge in [-0.3, -0.25) is 29.0 Å². The normalized spacial score (nSPS) is 22.5. The molecule has 3 atom stereocenters. The molecule has 0 aromatic heterocycles. The summed E-state index contributed by atoms with van der Waals surface area (Å²) in [5.74, 6) is 0.662. The number of nitrogens with one attached hydrogen (secondary N) is 5. The average Bonchev–Trinajstić information content (AvgIpc) is 4.04. The number of likely N-dealkylation sites (tertiary alicyclic amines) is 4. The van der Waals surface area contributed by atoms with Crippen molar-refractivity contribution < 1.29 is 38.2 Å². The van der Waals surface area contributed by atoms with E-state index in [4.69, 9.17) is 9.47 Å². The second-order valence-corrected chi connectivity index (χ2v) is 18.5. The van der Waals surface area contributed by atoms with E-state index in [1.807, 2.05) is 41.5 Å². The van der Waals surface area contributed by atoms with Crippen LogP contribution in [0.3, 0.4) is 0 Å². The second kappa shape index (κ2) is 32.9. The standard InChI is InChI=1S/C16H29N3O3.C11H21N3O.C10H17NO3.C6H12N2O.2CH4.3ClH/c1-16(2,3)22-15(21)18-10-7-12(8-11-18)19-9-5-6-13(19)14(20)17-4;1-12-11(15)10-3-2-8-14(10)9-4-6-13-7-5-9;1-10(2,3)14-9(13)11-6-4-8(12)5-7-11;1-7-6(9)5-3-2-4-8-5;;;;;/h12-13H,5-11H2,1-4H3,(H,17,20);9-10,13H,2-8H2,1H3,(H,12,15);4-7H2,1-3H3;5,8H,2-4H2,1H3,(H,7,9);2*1H4;3*1H/t13-;10-;;5-;;;;;/m00.0...../s1. The molecule has 0 saturated carbocycles. The van der Waals surface area contributed by atoms with Crippen LogP contribution in [0, 0.1) is 0 Å². The minimum atomic E-state index is -0.460. The van der Waals surface area contributed by atoms with Gasteiger partial charge < -0.3 is 45.9 Å². The second-order valence-electron chi connectivity index (χ2n) is 18.5. The van der Waals surface area contributed by atoms with Gasteiger partial charge in [0.1, 0.15) is 17.0 Å². The molecule has 0 aliphatic carbocycles. The smallest absolute Gasteiger partial charge is 0.410 e. The van der Waals surface area contributed by atoms with E-state index in [2.05, 4.69) is 36.4 Å². The van der Waals surface area contributed by atoms with Crippen molar-refractivity contribution in [2.45, 2.75) is 175 Å². The van der Waals surface area contributed by atoms with E-state index in [-0.39, 0.29) is 106 Å². The highest BCUT2D eigenvalue weighted by molar-refractivity contribution is 5.86. The van der Waals surface area contributed by atoms with Crippen LogP contribution in [0.2, 0.25) is 0 Å². The third kappa shape index (κ3) is 23.3. The largest absolute Gasteiger partial charge is 0.444 e. The fourth-order valence-electron chi connectivity index (χ4n) is 8.54. The fraction of sp³-hybridized carbons (Fsp3) is 0.867. The third-order valence-corrected chi connectivity index (χ3v) is 11.6. The first-order valence-corrected chi connectivity index (χ1v) is 22.4. The number of piperidine rings is 3. The molecule has 384 valence electrons. The zero-order valence-corrected chi connectivity index (χ0v) is 42.0. The van der Waals surface area contributed by atoms with Gasteiger partial charge in [0.15, 0.2) is 0 Å². The van der Waals surface area contributed by atoms with E-state index < -0.39 is 11.2 Å². The Bertz CT molecular complexity index is 1390. The Kier molecular flexibility index (Phi) is 33.7. The van der Waals surface area contributed by atoms with Crippen molar-refractivity contribution in [1.82, 2.24) is 46.2 Å². The van der Waals surface area contributed by atoms with E-state index in [0.29, 0.717) is 51.1 Å². The van der Waals surface area contributed by atoms with E-state index >= 15 is 0 Å². The lowest BCUT2D eigenvalue weighted by molar-refractivity contribution is -0.126. The Hall–Kier alpha value is -2.67. The van der Waals surface area contributed by atoms with Crippen LogP contribution in [0.25, 0.3) is 0 Å². The number of hydrogen-bond donors (Lipinski definition) is 5. The topological polar surface area (TPSA) is 194 Å². The number of carbonyl (C=O) groups excluding carboxylic acids is 6. The number of likely N-dealkylation sites (N-methyl/N-ethyl adjacent to an activating group) is 3. The predicted octanol–water partition coefficient (Wildman–Crippen LogP) is 5.15. The lowest BCUT2D eigenvalue weighted by Gasteiger charge is -2.39. The maximum Gasteiger partial charge on any atom is 0.410 e. The first-order chi connectivity index (χ1) is 28.4. The van der Waals surface area contributed by atoms with Crippen molar-refractivity contribution in [3.8, 4) is 0 Å². The molecule has 0 bridgehead atoms. The molecular formula is C45H90Cl3N9O8. The zero-order chi connectivity index (χ0) is 44.5. The van der Waals surface area contributed by atoms with E-state index in [1.54, 1.807) is 30.9 Å². The zero-order valence-electron chi connectivity index (χ0n) is 39.5. The molecule has 17 nitrogen and oxygen atoms in total. The molecular weight excluding hydrogens is 901 g/mol. The molecule has 6 aliphatic rings. The molecule has 6 heterocycles.